The van der Waals surface area contributed by atoms with Gasteiger partial charge in [0.15, 0.2) is 9.84 Å². The van der Waals surface area contributed by atoms with Crippen molar-refractivity contribution in [3.63, 3.8) is 0 Å². The molecule has 4 nitrogen and oxygen atoms in total. The van der Waals surface area contributed by atoms with Crippen LogP contribution in [-0.2, 0) is 9.84 Å². The summed E-state index contributed by atoms with van der Waals surface area (Å²) >= 11 is 4.14. The minimum atomic E-state index is -3.22. The maximum Gasteiger partial charge on any atom is 0.251 e. The molecular weight excluding hydrogens is 270 g/mol. The Balaban J connectivity index is 2.74. The zero-order valence-corrected chi connectivity index (χ0v) is 12.3. The summed E-state index contributed by atoms with van der Waals surface area (Å²) in [6.07, 6.45) is 1.16. The number of hydrogen-bond donors (Lipinski definition) is 2. The van der Waals surface area contributed by atoms with Gasteiger partial charge in [-0.25, -0.2) is 8.42 Å². The average Bonchev–Trinajstić information content (AvgIpc) is 2.24. The second kappa shape index (κ2) is 5.32. The highest BCUT2D eigenvalue weighted by molar-refractivity contribution is 7.92. The molecule has 0 aliphatic rings. The van der Waals surface area contributed by atoms with Crippen molar-refractivity contribution in [3.8, 4) is 0 Å². The van der Waals surface area contributed by atoms with Gasteiger partial charge in [0.1, 0.15) is 0 Å². The van der Waals surface area contributed by atoms with Crippen LogP contribution < -0.4 is 5.32 Å². The third kappa shape index (κ3) is 3.74. The molecule has 0 fully saturated rings. The van der Waals surface area contributed by atoms with Gasteiger partial charge in [-0.15, -0.1) is 12.6 Å². The van der Waals surface area contributed by atoms with Crippen LogP contribution in [-0.4, -0.2) is 31.9 Å². The lowest BCUT2D eigenvalue weighted by molar-refractivity contribution is 0.0950. The molecule has 100 valence electrons. The molecule has 0 atom stereocenters. The van der Waals surface area contributed by atoms with Crippen LogP contribution in [0.15, 0.2) is 29.2 Å². The number of rotatable bonds is 4. The third-order valence-electron chi connectivity index (χ3n) is 2.79. The van der Waals surface area contributed by atoms with Crippen molar-refractivity contribution in [3.05, 3.63) is 29.8 Å². The van der Waals surface area contributed by atoms with Gasteiger partial charge in [0.25, 0.3) is 5.91 Å². The number of sulfone groups is 1. The highest BCUT2D eigenvalue weighted by Crippen LogP contribution is 2.14. The van der Waals surface area contributed by atoms with E-state index >= 15 is 0 Å². The summed E-state index contributed by atoms with van der Waals surface area (Å²) in [7, 11) is -3.22. The van der Waals surface area contributed by atoms with Crippen molar-refractivity contribution in [1.82, 2.24) is 5.32 Å². The molecule has 1 aromatic rings. The van der Waals surface area contributed by atoms with Crippen molar-refractivity contribution < 1.29 is 13.2 Å². The summed E-state index contributed by atoms with van der Waals surface area (Å²) in [5.74, 6) is -0.303. The van der Waals surface area contributed by atoms with Gasteiger partial charge < -0.3 is 5.32 Å². The van der Waals surface area contributed by atoms with E-state index in [9.17, 15) is 13.2 Å². The Bertz CT molecular complexity index is 550. The number of hydrogen-bond acceptors (Lipinski definition) is 4. The first-order valence-electron chi connectivity index (χ1n) is 5.40. The molecule has 0 aliphatic heterocycles. The molecule has 0 aliphatic carbocycles. The van der Waals surface area contributed by atoms with Gasteiger partial charge in [0, 0.05) is 23.3 Å². The quantitative estimate of drug-likeness (QED) is 0.826. The number of thiol groups is 1. The van der Waals surface area contributed by atoms with E-state index in [1.54, 1.807) is 38.1 Å². The van der Waals surface area contributed by atoms with Gasteiger partial charge in [0.05, 0.1) is 4.75 Å². The Morgan fingerprint density at radius 3 is 2.50 bits per heavy atom. The van der Waals surface area contributed by atoms with Crippen molar-refractivity contribution >= 4 is 28.4 Å². The van der Waals surface area contributed by atoms with Crippen LogP contribution >= 0.6 is 12.6 Å². The molecular formula is C12H17NO3S2. The zero-order chi connectivity index (χ0) is 14.0. The minimum Gasteiger partial charge on any atom is -0.350 e. The Morgan fingerprint density at radius 2 is 2.00 bits per heavy atom. The lowest BCUT2D eigenvalue weighted by Crippen LogP contribution is -2.43. The van der Waals surface area contributed by atoms with Crippen molar-refractivity contribution in [1.29, 1.82) is 0 Å². The highest BCUT2D eigenvalue weighted by atomic mass is 32.2. The van der Waals surface area contributed by atoms with Crippen LogP contribution in [0.4, 0.5) is 0 Å². The van der Waals surface area contributed by atoms with E-state index in [1.807, 2.05) is 0 Å². The first-order valence-corrected chi connectivity index (χ1v) is 7.74. The number of amides is 1. The largest absolute Gasteiger partial charge is 0.350 e. The van der Waals surface area contributed by atoms with Crippen molar-refractivity contribution in [2.24, 2.45) is 0 Å². The van der Waals surface area contributed by atoms with E-state index in [1.165, 1.54) is 0 Å². The van der Waals surface area contributed by atoms with E-state index < -0.39 is 14.6 Å². The molecule has 0 bridgehead atoms. The molecule has 1 aromatic carbocycles. The smallest absolute Gasteiger partial charge is 0.251 e. The normalized spacial score (nSPS) is 12.2. The van der Waals surface area contributed by atoms with E-state index in [-0.39, 0.29) is 12.5 Å². The fourth-order valence-corrected chi connectivity index (χ4v) is 1.73. The molecule has 0 aromatic heterocycles. The van der Waals surface area contributed by atoms with Crippen LogP contribution in [0.25, 0.3) is 0 Å². The average molecular weight is 287 g/mol. The zero-order valence-electron chi connectivity index (χ0n) is 10.6. The summed E-state index contributed by atoms with van der Waals surface area (Å²) in [6, 6.07) is 6.77. The Hall–Kier alpha value is -1.01. The van der Waals surface area contributed by atoms with E-state index in [0.717, 1.165) is 6.26 Å². The van der Waals surface area contributed by atoms with Gasteiger partial charge >= 0.3 is 0 Å². The second-order valence-corrected chi connectivity index (χ2v) is 7.93. The summed E-state index contributed by atoms with van der Waals surface area (Å²) in [5, 5.41) is 2.62. The highest BCUT2D eigenvalue weighted by Gasteiger charge is 2.30. The number of carbonyl (C=O) groups excluding carboxylic acids is 1. The van der Waals surface area contributed by atoms with E-state index in [0.29, 0.717) is 10.5 Å². The lowest BCUT2D eigenvalue weighted by Gasteiger charge is -2.22. The van der Waals surface area contributed by atoms with Gasteiger partial charge in [0.2, 0.25) is 0 Å². The summed E-state index contributed by atoms with van der Waals surface area (Å²) in [6.45, 7) is 3.23. The molecule has 0 spiro atoms. The number of benzene rings is 1. The summed E-state index contributed by atoms with van der Waals surface area (Å²) in [4.78, 5) is 12.5. The molecule has 0 heterocycles. The fourth-order valence-electron chi connectivity index (χ4n) is 1.17. The molecule has 0 saturated carbocycles. The predicted molar refractivity (Wildman–Crippen MR) is 75.0 cm³/mol. The Morgan fingerprint density at radius 1 is 1.39 bits per heavy atom. The van der Waals surface area contributed by atoms with Crippen LogP contribution in [0, 0.1) is 0 Å². The topological polar surface area (TPSA) is 63.2 Å². The van der Waals surface area contributed by atoms with Crippen LogP contribution in [0.5, 0.6) is 0 Å². The number of nitrogens with one attached hydrogen (secondary N) is 1. The third-order valence-corrected chi connectivity index (χ3v) is 5.22. The monoisotopic (exact) mass is 287 g/mol. The van der Waals surface area contributed by atoms with Crippen LogP contribution in [0.3, 0.4) is 0 Å². The summed E-state index contributed by atoms with van der Waals surface area (Å²) < 4.78 is 22.0. The first-order chi connectivity index (χ1) is 8.13. The van der Waals surface area contributed by atoms with Gasteiger partial charge in [-0.2, -0.15) is 0 Å². The van der Waals surface area contributed by atoms with Gasteiger partial charge in [-0.1, -0.05) is 6.07 Å². The maximum atomic E-state index is 11.8. The number of carbonyl (C=O) groups is 1. The SMILES string of the molecule is CC(C)(CNC(=O)c1cccc(S)c1)S(C)(=O)=O. The van der Waals surface area contributed by atoms with Gasteiger partial charge in [-0.05, 0) is 32.0 Å². The second-order valence-electron chi connectivity index (χ2n) is 4.76. The van der Waals surface area contributed by atoms with Crippen LogP contribution in [0.2, 0.25) is 0 Å². The van der Waals surface area contributed by atoms with E-state index in [2.05, 4.69) is 17.9 Å². The van der Waals surface area contributed by atoms with Crippen molar-refractivity contribution in [2.45, 2.75) is 23.5 Å². The summed E-state index contributed by atoms with van der Waals surface area (Å²) in [5.41, 5.74) is 0.465. The molecule has 1 N–H and O–H groups in total. The lowest BCUT2D eigenvalue weighted by atomic mass is 10.2. The molecule has 0 radical (unpaired) electrons. The minimum absolute atomic E-state index is 0.0709. The molecule has 0 unspecified atom stereocenters. The molecule has 6 heteroatoms. The first kappa shape index (κ1) is 15.0. The van der Waals surface area contributed by atoms with E-state index in [4.69, 9.17) is 0 Å². The molecule has 1 amide bonds. The molecule has 0 saturated heterocycles. The standard InChI is InChI=1S/C12H17NO3S2/c1-12(2,18(3,15)16)8-13-11(14)9-5-4-6-10(17)7-9/h4-7,17H,8H2,1-3H3,(H,13,14). The predicted octanol–water partition coefficient (Wildman–Crippen LogP) is 1.53. The molecule has 1 rings (SSSR count). The van der Waals surface area contributed by atoms with Crippen LogP contribution in [0.1, 0.15) is 24.2 Å². The van der Waals surface area contributed by atoms with Gasteiger partial charge in [-0.3, -0.25) is 4.79 Å². The fraction of sp³-hybridized carbons (Fsp3) is 0.417. The van der Waals surface area contributed by atoms with Crippen molar-refractivity contribution in [2.75, 3.05) is 12.8 Å². The molecule has 18 heavy (non-hydrogen) atoms. The Kier molecular flexibility index (Phi) is 4.45. The Labute approximate surface area is 113 Å². The maximum absolute atomic E-state index is 11.8.